The molecule has 1 aliphatic heterocycles. The number of aliphatic hydroxyl groups excluding tert-OH is 1. The van der Waals surface area contributed by atoms with E-state index in [2.05, 4.69) is 46.3 Å². The lowest BCUT2D eigenvalue weighted by atomic mass is 10.1. The molecule has 5 nitrogen and oxygen atoms in total. The van der Waals surface area contributed by atoms with Gasteiger partial charge < -0.3 is 15.3 Å². The van der Waals surface area contributed by atoms with Gasteiger partial charge in [-0.1, -0.05) is 12.1 Å². The molecule has 1 amide bonds. The van der Waals surface area contributed by atoms with E-state index in [1.807, 2.05) is 0 Å². The molecule has 0 spiro atoms. The van der Waals surface area contributed by atoms with Gasteiger partial charge in [-0.3, -0.25) is 9.69 Å². The predicted molar refractivity (Wildman–Crippen MR) is 101 cm³/mol. The molecule has 138 valence electrons. The van der Waals surface area contributed by atoms with Gasteiger partial charge in [-0.15, -0.1) is 0 Å². The molecule has 1 saturated heterocycles. The minimum Gasteiger partial charge on any atom is -0.396 e. The first-order chi connectivity index (χ1) is 12.2. The Morgan fingerprint density at radius 1 is 1.28 bits per heavy atom. The number of aryl methyl sites for hydroxylation is 1. The number of piperazine rings is 1. The van der Waals surface area contributed by atoms with Gasteiger partial charge >= 0.3 is 0 Å². The molecule has 1 aliphatic carbocycles. The maximum atomic E-state index is 12.2. The van der Waals surface area contributed by atoms with E-state index < -0.39 is 0 Å². The van der Waals surface area contributed by atoms with Crippen LogP contribution in [0.25, 0.3) is 0 Å². The summed E-state index contributed by atoms with van der Waals surface area (Å²) in [6, 6.07) is 8.83. The van der Waals surface area contributed by atoms with Crippen LogP contribution in [0.1, 0.15) is 31.2 Å². The molecular formula is C20H31N3O2. The maximum absolute atomic E-state index is 12.2. The molecule has 0 radical (unpaired) electrons. The van der Waals surface area contributed by atoms with Crippen LogP contribution in [0.15, 0.2) is 24.3 Å². The van der Waals surface area contributed by atoms with Gasteiger partial charge in [0.05, 0.1) is 0 Å². The summed E-state index contributed by atoms with van der Waals surface area (Å²) in [5, 5.41) is 12.3. The van der Waals surface area contributed by atoms with Crippen molar-refractivity contribution in [2.24, 2.45) is 5.92 Å². The number of carbonyl (C=O) groups excluding carboxylic acids is 1. The van der Waals surface area contributed by atoms with E-state index in [-0.39, 0.29) is 18.6 Å². The van der Waals surface area contributed by atoms with Crippen molar-refractivity contribution < 1.29 is 9.90 Å². The first-order valence-corrected chi connectivity index (χ1v) is 9.60. The van der Waals surface area contributed by atoms with E-state index in [0.29, 0.717) is 18.8 Å². The molecule has 1 heterocycles. The summed E-state index contributed by atoms with van der Waals surface area (Å²) in [6.45, 7) is 7.14. The lowest BCUT2D eigenvalue weighted by Crippen LogP contribution is -2.47. The monoisotopic (exact) mass is 345 g/mol. The van der Waals surface area contributed by atoms with Crippen LogP contribution >= 0.6 is 0 Å². The van der Waals surface area contributed by atoms with Crippen LogP contribution in [0.2, 0.25) is 0 Å². The molecule has 25 heavy (non-hydrogen) atoms. The normalized spacial score (nSPS) is 19.7. The molecule has 2 fully saturated rings. The summed E-state index contributed by atoms with van der Waals surface area (Å²) >= 11 is 0. The zero-order valence-electron chi connectivity index (χ0n) is 15.3. The third-order valence-corrected chi connectivity index (χ3v) is 5.37. The highest BCUT2D eigenvalue weighted by Crippen LogP contribution is 2.33. The number of anilines is 1. The molecule has 1 aromatic rings. The van der Waals surface area contributed by atoms with Crippen molar-refractivity contribution in [1.29, 1.82) is 0 Å². The van der Waals surface area contributed by atoms with E-state index in [0.717, 1.165) is 32.7 Å². The lowest BCUT2D eigenvalue weighted by Gasteiger charge is -2.36. The van der Waals surface area contributed by atoms with Crippen molar-refractivity contribution in [3.05, 3.63) is 29.8 Å². The van der Waals surface area contributed by atoms with Crippen LogP contribution in [-0.4, -0.2) is 61.3 Å². The first-order valence-electron chi connectivity index (χ1n) is 9.60. The van der Waals surface area contributed by atoms with E-state index >= 15 is 0 Å². The first kappa shape index (κ1) is 18.2. The molecular weight excluding hydrogens is 314 g/mol. The number of nitrogens with one attached hydrogen (secondary N) is 1. The van der Waals surface area contributed by atoms with Crippen LogP contribution < -0.4 is 10.2 Å². The largest absolute Gasteiger partial charge is 0.396 e. The van der Waals surface area contributed by atoms with Crippen LogP contribution in [0.4, 0.5) is 5.69 Å². The molecule has 0 aromatic heterocycles. The molecule has 1 unspecified atom stereocenters. The summed E-state index contributed by atoms with van der Waals surface area (Å²) in [5.41, 5.74) is 2.60. The number of carbonyl (C=O) groups is 1. The summed E-state index contributed by atoms with van der Waals surface area (Å²) in [7, 11) is 0. The van der Waals surface area contributed by atoms with Crippen LogP contribution in [0.5, 0.6) is 0 Å². The van der Waals surface area contributed by atoms with Gasteiger partial charge in [-0.05, 0) is 49.8 Å². The van der Waals surface area contributed by atoms with Gasteiger partial charge in [-0.2, -0.15) is 0 Å². The number of aliphatic hydroxyl groups is 1. The average molecular weight is 345 g/mol. The van der Waals surface area contributed by atoms with Gasteiger partial charge in [0, 0.05) is 57.5 Å². The van der Waals surface area contributed by atoms with E-state index in [9.17, 15) is 4.79 Å². The predicted octanol–water partition coefficient (Wildman–Crippen LogP) is 1.78. The second kappa shape index (κ2) is 8.68. The SMILES string of the molecule is Cc1cccc(N2CCN(CCC(=O)NC(CCO)C3CC3)CC2)c1. The van der Waals surface area contributed by atoms with E-state index in [1.54, 1.807) is 0 Å². The third-order valence-electron chi connectivity index (χ3n) is 5.37. The van der Waals surface area contributed by atoms with E-state index in [1.165, 1.54) is 24.1 Å². The highest BCUT2D eigenvalue weighted by Gasteiger charge is 2.31. The fourth-order valence-electron chi connectivity index (χ4n) is 3.66. The highest BCUT2D eigenvalue weighted by molar-refractivity contribution is 5.76. The maximum Gasteiger partial charge on any atom is 0.221 e. The van der Waals surface area contributed by atoms with Crippen molar-refractivity contribution in [2.75, 3.05) is 44.2 Å². The molecule has 2 N–H and O–H groups in total. The van der Waals surface area contributed by atoms with Gasteiger partial charge in [0.2, 0.25) is 5.91 Å². The van der Waals surface area contributed by atoms with E-state index in [4.69, 9.17) is 5.11 Å². The topological polar surface area (TPSA) is 55.8 Å². The Hall–Kier alpha value is -1.59. The average Bonchev–Trinajstić information content (AvgIpc) is 3.45. The van der Waals surface area contributed by atoms with Gasteiger partial charge in [-0.25, -0.2) is 0 Å². The number of amides is 1. The number of benzene rings is 1. The van der Waals surface area contributed by atoms with Crippen molar-refractivity contribution in [2.45, 2.75) is 38.6 Å². The quantitative estimate of drug-likeness (QED) is 0.754. The highest BCUT2D eigenvalue weighted by atomic mass is 16.3. The Kier molecular flexibility index (Phi) is 6.32. The summed E-state index contributed by atoms with van der Waals surface area (Å²) < 4.78 is 0. The zero-order chi connectivity index (χ0) is 17.6. The van der Waals surface area contributed by atoms with Gasteiger partial charge in [0.15, 0.2) is 0 Å². The Balaban J connectivity index is 1.38. The molecule has 2 aliphatic rings. The zero-order valence-corrected chi connectivity index (χ0v) is 15.3. The second-order valence-corrected chi connectivity index (χ2v) is 7.44. The van der Waals surface area contributed by atoms with Gasteiger partial charge in [0.1, 0.15) is 0 Å². The minimum absolute atomic E-state index is 0.131. The molecule has 1 aromatic carbocycles. The molecule has 1 saturated carbocycles. The van der Waals surface area contributed by atoms with Crippen LogP contribution in [-0.2, 0) is 4.79 Å². The van der Waals surface area contributed by atoms with Crippen molar-refractivity contribution in [1.82, 2.24) is 10.2 Å². The minimum atomic E-state index is 0.131. The van der Waals surface area contributed by atoms with Crippen LogP contribution in [0, 0.1) is 12.8 Å². The third kappa shape index (κ3) is 5.44. The molecule has 0 bridgehead atoms. The number of rotatable bonds is 8. The Labute approximate surface area is 151 Å². The fourth-order valence-corrected chi connectivity index (χ4v) is 3.66. The molecule has 1 atom stereocenters. The summed E-state index contributed by atoms with van der Waals surface area (Å²) in [5.74, 6) is 0.723. The lowest BCUT2D eigenvalue weighted by molar-refractivity contribution is -0.122. The smallest absolute Gasteiger partial charge is 0.221 e. The number of nitrogens with zero attached hydrogens (tertiary/aromatic N) is 2. The van der Waals surface area contributed by atoms with Crippen molar-refractivity contribution in [3.63, 3.8) is 0 Å². The number of hydrogen-bond donors (Lipinski definition) is 2. The fraction of sp³-hybridized carbons (Fsp3) is 0.650. The Morgan fingerprint density at radius 2 is 2.04 bits per heavy atom. The molecule has 3 rings (SSSR count). The number of hydrogen-bond acceptors (Lipinski definition) is 4. The summed E-state index contributed by atoms with van der Waals surface area (Å²) in [6.07, 6.45) is 3.61. The van der Waals surface area contributed by atoms with Crippen molar-refractivity contribution >= 4 is 11.6 Å². The van der Waals surface area contributed by atoms with Crippen molar-refractivity contribution in [3.8, 4) is 0 Å². The Morgan fingerprint density at radius 3 is 2.68 bits per heavy atom. The standard InChI is InChI=1S/C20H31N3O2/c1-16-3-2-4-18(15-16)23-12-10-22(11-13-23)9-7-20(25)21-19(8-14-24)17-5-6-17/h2-4,15,17,19,24H,5-14H2,1H3,(H,21,25). The Bertz CT molecular complexity index is 566. The van der Waals surface area contributed by atoms with Gasteiger partial charge in [0.25, 0.3) is 0 Å². The molecule has 5 heteroatoms. The summed E-state index contributed by atoms with van der Waals surface area (Å²) in [4.78, 5) is 17.0. The second-order valence-electron chi connectivity index (χ2n) is 7.44. The van der Waals surface area contributed by atoms with Crippen LogP contribution in [0.3, 0.4) is 0 Å².